The minimum absolute atomic E-state index is 0.287. The van der Waals surface area contributed by atoms with E-state index in [-0.39, 0.29) is 4.48 Å². The van der Waals surface area contributed by atoms with Crippen LogP contribution in [0.25, 0.3) is 0 Å². The monoisotopic (exact) mass is 230 g/mol. The fourth-order valence-electron chi connectivity index (χ4n) is 2.00. The van der Waals surface area contributed by atoms with Crippen LogP contribution in [0.1, 0.15) is 59.3 Å². The molecule has 0 unspecified atom stereocenters. The first-order valence-electron chi connectivity index (χ1n) is 6.72. The quantitative estimate of drug-likeness (QED) is 0.610. The zero-order valence-electron chi connectivity index (χ0n) is 11.2. The van der Waals surface area contributed by atoms with Gasteiger partial charge in [-0.05, 0) is 19.3 Å². The molecule has 1 amide bonds. The molecular weight excluding hydrogens is 202 g/mol. The van der Waals surface area contributed by atoms with Crippen LogP contribution in [0.5, 0.6) is 0 Å². The normalized spacial score (nSPS) is 11.7. The highest BCUT2D eigenvalue weighted by Crippen LogP contribution is 2.15. The van der Waals surface area contributed by atoms with E-state index in [1.165, 1.54) is 0 Å². The minimum Gasteiger partial charge on any atom is -0.435 e. The minimum atomic E-state index is -0.629. The van der Waals surface area contributed by atoms with Crippen molar-refractivity contribution >= 4 is 6.09 Å². The van der Waals surface area contributed by atoms with E-state index >= 15 is 0 Å². The Labute approximate surface area is 100 Å². The summed E-state index contributed by atoms with van der Waals surface area (Å²) >= 11 is 0. The number of hydrogen-bond donors (Lipinski definition) is 1. The lowest BCUT2D eigenvalue weighted by molar-refractivity contribution is -0.858. The largest absolute Gasteiger partial charge is 0.513 e. The second-order valence-corrected chi connectivity index (χ2v) is 4.66. The molecule has 16 heavy (non-hydrogen) atoms. The molecule has 0 bridgehead atoms. The molecule has 0 aromatic heterocycles. The molecule has 3 heteroatoms. The first-order chi connectivity index (χ1) is 7.63. The summed E-state index contributed by atoms with van der Waals surface area (Å²) in [5, 5.41) is 9.48. The average Bonchev–Trinajstić information content (AvgIpc) is 2.28. The predicted molar refractivity (Wildman–Crippen MR) is 67.6 cm³/mol. The molecule has 0 saturated heterocycles. The summed E-state index contributed by atoms with van der Waals surface area (Å²) in [5.41, 5.74) is 0. The summed E-state index contributed by atoms with van der Waals surface area (Å²) in [6, 6.07) is 0. The lowest BCUT2D eigenvalue weighted by atomic mass is 10.2. The maximum absolute atomic E-state index is 11.5. The molecular formula is C13H28NO2+. The van der Waals surface area contributed by atoms with Crippen molar-refractivity contribution in [3.63, 3.8) is 0 Å². The average molecular weight is 230 g/mol. The van der Waals surface area contributed by atoms with Crippen molar-refractivity contribution in [1.29, 1.82) is 0 Å². The lowest BCUT2D eigenvalue weighted by Crippen LogP contribution is -2.53. The molecule has 3 nitrogen and oxygen atoms in total. The Morgan fingerprint density at radius 2 is 1.19 bits per heavy atom. The van der Waals surface area contributed by atoms with Gasteiger partial charge >= 0.3 is 6.09 Å². The molecule has 0 aliphatic carbocycles. The number of carbonyl (C=O) groups is 1. The number of amides is 1. The molecule has 0 aromatic carbocycles. The van der Waals surface area contributed by atoms with Gasteiger partial charge in [0.05, 0.1) is 19.6 Å². The molecule has 0 spiro atoms. The van der Waals surface area contributed by atoms with Gasteiger partial charge < -0.3 is 5.11 Å². The SMILES string of the molecule is CCCC[N+](CCCC)(CCCC)C(=O)O. The van der Waals surface area contributed by atoms with Gasteiger partial charge in [-0.25, -0.2) is 4.48 Å². The first kappa shape index (κ1) is 15.4. The Hall–Kier alpha value is -0.570. The maximum Gasteiger partial charge on any atom is 0.513 e. The van der Waals surface area contributed by atoms with Crippen LogP contribution in [0, 0.1) is 0 Å². The Morgan fingerprint density at radius 3 is 1.38 bits per heavy atom. The van der Waals surface area contributed by atoms with Crippen molar-refractivity contribution in [1.82, 2.24) is 0 Å². The first-order valence-corrected chi connectivity index (χ1v) is 6.72. The molecule has 96 valence electrons. The lowest BCUT2D eigenvalue weighted by Gasteiger charge is -2.32. The molecule has 1 N–H and O–H groups in total. The molecule has 0 atom stereocenters. The van der Waals surface area contributed by atoms with E-state index in [2.05, 4.69) is 20.8 Å². The van der Waals surface area contributed by atoms with Gasteiger partial charge in [-0.15, -0.1) is 0 Å². The van der Waals surface area contributed by atoms with Crippen molar-refractivity contribution in [2.24, 2.45) is 0 Å². The van der Waals surface area contributed by atoms with Gasteiger partial charge in [0.25, 0.3) is 0 Å². The van der Waals surface area contributed by atoms with E-state index in [1.54, 1.807) is 0 Å². The van der Waals surface area contributed by atoms with E-state index < -0.39 is 6.09 Å². The summed E-state index contributed by atoms with van der Waals surface area (Å²) in [4.78, 5) is 11.5. The molecule has 0 fully saturated rings. The Bertz CT molecular complexity index is 171. The van der Waals surface area contributed by atoms with Crippen LogP contribution in [0.3, 0.4) is 0 Å². The van der Waals surface area contributed by atoms with Crippen molar-refractivity contribution in [3.8, 4) is 0 Å². The fourth-order valence-corrected chi connectivity index (χ4v) is 2.00. The molecule has 0 aliphatic rings. The van der Waals surface area contributed by atoms with Gasteiger partial charge in [0, 0.05) is 0 Å². The highest BCUT2D eigenvalue weighted by molar-refractivity contribution is 5.56. The topological polar surface area (TPSA) is 37.3 Å². The van der Waals surface area contributed by atoms with Gasteiger partial charge in [-0.2, -0.15) is 4.79 Å². The van der Waals surface area contributed by atoms with Gasteiger partial charge in [-0.1, -0.05) is 40.0 Å². The van der Waals surface area contributed by atoms with E-state index in [9.17, 15) is 9.90 Å². The molecule has 0 rings (SSSR count). The summed E-state index contributed by atoms with van der Waals surface area (Å²) in [6.07, 6.45) is 5.64. The highest BCUT2D eigenvalue weighted by Gasteiger charge is 2.34. The van der Waals surface area contributed by atoms with E-state index in [1.807, 2.05) is 0 Å². The zero-order valence-corrected chi connectivity index (χ0v) is 11.2. The Kier molecular flexibility index (Phi) is 8.26. The van der Waals surface area contributed by atoms with E-state index in [4.69, 9.17) is 0 Å². The summed E-state index contributed by atoms with van der Waals surface area (Å²) in [7, 11) is 0. The van der Waals surface area contributed by atoms with Crippen LogP contribution in [-0.4, -0.2) is 35.3 Å². The number of quaternary nitrogens is 1. The van der Waals surface area contributed by atoms with Gasteiger partial charge in [0.15, 0.2) is 0 Å². The molecule has 0 heterocycles. The second kappa shape index (κ2) is 8.57. The van der Waals surface area contributed by atoms with Crippen LogP contribution < -0.4 is 0 Å². The van der Waals surface area contributed by atoms with Crippen molar-refractivity contribution in [2.45, 2.75) is 59.3 Å². The van der Waals surface area contributed by atoms with Crippen molar-refractivity contribution in [2.75, 3.05) is 19.6 Å². The molecule has 0 radical (unpaired) electrons. The highest BCUT2D eigenvalue weighted by atomic mass is 16.4. The van der Waals surface area contributed by atoms with Crippen LogP contribution in [0.15, 0.2) is 0 Å². The fraction of sp³-hybridized carbons (Fsp3) is 0.923. The number of nitrogens with zero attached hydrogens (tertiary/aromatic N) is 1. The summed E-state index contributed by atoms with van der Waals surface area (Å²) in [6.45, 7) is 8.76. The third kappa shape index (κ3) is 4.97. The van der Waals surface area contributed by atoms with Crippen molar-refractivity contribution in [3.05, 3.63) is 0 Å². The van der Waals surface area contributed by atoms with Gasteiger partial charge in [0.1, 0.15) is 0 Å². The maximum atomic E-state index is 11.5. The number of unbranched alkanes of at least 4 members (excludes halogenated alkanes) is 3. The Balaban J connectivity index is 4.52. The summed E-state index contributed by atoms with van der Waals surface area (Å²) in [5.74, 6) is 0. The number of rotatable bonds is 9. The van der Waals surface area contributed by atoms with Crippen LogP contribution in [-0.2, 0) is 0 Å². The third-order valence-corrected chi connectivity index (χ3v) is 3.22. The van der Waals surface area contributed by atoms with E-state index in [0.29, 0.717) is 0 Å². The summed E-state index contributed by atoms with van der Waals surface area (Å²) < 4.78 is 0.287. The number of carboxylic acid groups (broad SMARTS) is 1. The van der Waals surface area contributed by atoms with Crippen LogP contribution in [0.2, 0.25) is 0 Å². The van der Waals surface area contributed by atoms with Gasteiger partial charge in [0.2, 0.25) is 0 Å². The Morgan fingerprint density at radius 1 is 0.875 bits per heavy atom. The number of hydrogen-bond acceptors (Lipinski definition) is 1. The van der Waals surface area contributed by atoms with Crippen LogP contribution >= 0.6 is 0 Å². The smallest absolute Gasteiger partial charge is 0.435 e. The molecule has 0 aromatic rings. The second-order valence-electron chi connectivity index (χ2n) is 4.66. The van der Waals surface area contributed by atoms with E-state index in [0.717, 1.165) is 58.2 Å². The molecule has 0 aliphatic heterocycles. The van der Waals surface area contributed by atoms with Crippen molar-refractivity contribution < 1.29 is 14.4 Å². The van der Waals surface area contributed by atoms with Gasteiger partial charge in [-0.3, -0.25) is 0 Å². The predicted octanol–water partition coefficient (Wildman–Crippen LogP) is 3.88. The standard InChI is InChI=1S/C13H27NO2/c1-4-7-10-14(13(15)16,11-8-5-2)12-9-6-3/h4-12H2,1-3H3/p+1. The molecule has 0 saturated carbocycles. The van der Waals surface area contributed by atoms with Crippen LogP contribution in [0.4, 0.5) is 4.79 Å². The zero-order chi connectivity index (χ0) is 12.4. The third-order valence-electron chi connectivity index (χ3n) is 3.22.